The second-order valence-electron chi connectivity index (χ2n) is 4.19. The molecule has 1 unspecified atom stereocenters. The van der Waals surface area contributed by atoms with Gasteiger partial charge in [0.15, 0.2) is 0 Å². The smallest absolute Gasteiger partial charge is 0.329 e. The number of carbonyl (C=O) groups excluding carboxylic acids is 1. The number of amides is 2. The van der Waals surface area contributed by atoms with E-state index in [4.69, 9.17) is 14.6 Å². The molecule has 1 atom stereocenters. The van der Waals surface area contributed by atoms with Crippen molar-refractivity contribution in [1.29, 1.82) is 0 Å². The zero-order valence-corrected chi connectivity index (χ0v) is 10.6. The molecule has 0 aromatic carbocycles. The molecule has 0 aliphatic carbocycles. The van der Waals surface area contributed by atoms with Gasteiger partial charge >= 0.3 is 12.0 Å². The number of nitrogens with one attached hydrogen (secondary N) is 1. The van der Waals surface area contributed by atoms with Crippen LogP contribution in [0.25, 0.3) is 0 Å². The van der Waals surface area contributed by atoms with Crippen LogP contribution in [-0.4, -0.2) is 68.1 Å². The molecule has 0 radical (unpaired) electrons. The van der Waals surface area contributed by atoms with Crippen molar-refractivity contribution >= 4 is 12.0 Å². The molecule has 1 rings (SSSR count). The van der Waals surface area contributed by atoms with E-state index in [1.54, 1.807) is 11.9 Å². The molecule has 0 spiro atoms. The zero-order valence-electron chi connectivity index (χ0n) is 10.6. The number of urea groups is 1. The van der Waals surface area contributed by atoms with E-state index in [1.165, 1.54) is 0 Å². The first-order valence-electron chi connectivity index (χ1n) is 5.99. The number of nitrogens with zero attached hydrogens (tertiary/aromatic N) is 1. The van der Waals surface area contributed by atoms with Crippen LogP contribution in [0, 0.1) is 0 Å². The standard InChI is InChI=1S/C11H20N2O5/c1-13(7-9-3-2-5-18-9)11(16)12-4-6-17-8-10(14)15/h9H,2-8H2,1H3,(H,12,16)(H,14,15). The number of carboxylic acids is 1. The Morgan fingerprint density at radius 1 is 1.56 bits per heavy atom. The molecular formula is C11H20N2O5. The van der Waals surface area contributed by atoms with Gasteiger partial charge in [0.1, 0.15) is 6.61 Å². The summed E-state index contributed by atoms with van der Waals surface area (Å²) in [5.74, 6) is -1.02. The Kier molecular flexibility index (Phi) is 6.45. The van der Waals surface area contributed by atoms with Gasteiger partial charge in [0.05, 0.1) is 12.7 Å². The molecule has 0 bridgehead atoms. The fraction of sp³-hybridized carbons (Fsp3) is 0.818. The first-order chi connectivity index (χ1) is 8.59. The molecular weight excluding hydrogens is 240 g/mol. The zero-order chi connectivity index (χ0) is 13.4. The van der Waals surface area contributed by atoms with Gasteiger partial charge in [0, 0.05) is 26.7 Å². The summed E-state index contributed by atoms with van der Waals surface area (Å²) >= 11 is 0. The summed E-state index contributed by atoms with van der Waals surface area (Å²) in [6, 6.07) is -0.204. The minimum absolute atomic E-state index is 0.129. The van der Waals surface area contributed by atoms with Crippen molar-refractivity contribution in [3.05, 3.63) is 0 Å². The highest BCUT2D eigenvalue weighted by atomic mass is 16.5. The maximum atomic E-state index is 11.6. The van der Waals surface area contributed by atoms with Gasteiger partial charge in [0.25, 0.3) is 0 Å². The molecule has 1 saturated heterocycles. The molecule has 1 aliphatic rings. The Morgan fingerprint density at radius 3 is 2.94 bits per heavy atom. The van der Waals surface area contributed by atoms with E-state index in [2.05, 4.69) is 5.32 Å². The van der Waals surface area contributed by atoms with Crippen LogP contribution in [0.3, 0.4) is 0 Å². The molecule has 0 aromatic heterocycles. The summed E-state index contributed by atoms with van der Waals surface area (Å²) < 4.78 is 10.2. The van der Waals surface area contributed by atoms with Crippen molar-refractivity contribution in [3.63, 3.8) is 0 Å². The molecule has 1 fully saturated rings. The van der Waals surface area contributed by atoms with Gasteiger partial charge in [-0.2, -0.15) is 0 Å². The number of likely N-dealkylation sites (N-methyl/N-ethyl adjacent to an activating group) is 1. The minimum atomic E-state index is -1.02. The highest BCUT2D eigenvalue weighted by molar-refractivity contribution is 5.73. The first-order valence-corrected chi connectivity index (χ1v) is 5.99. The molecule has 7 heteroatoms. The third kappa shape index (κ3) is 5.83. The van der Waals surface area contributed by atoms with Crippen LogP contribution in [0.4, 0.5) is 4.79 Å². The van der Waals surface area contributed by atoms with E-state index in [9.17, 15) is 9.59 Å². The highest BCUT2D eigenvalue weighted by Crippen LogP contribution is 2.12. The predicted octanol–water partition coefficient (Wildman–Crippen LogP) is -0.0920. The number of carbonyl (C=O) groups is 2. The lowest BCUT2D eigenvalue weighted by Gasteiger charge is -2.21. The summed E-state index contributed by atoms with van der Waals surface area (Å²) in [4.78, 5) is 23.3. The Labute approximate surface area is 106 Å². The predicted molar refractivity (Wildman–Crippen MR) is 63.5 cm³/mol. The van der Waals surface area contributed by atoms with Gasteiger partial charge < -0.3 is 24.8 Å². The number of hydrogen-bond acceptors (Lipinski definition) is 4. The maximum absolute atomic E-state index is 11.6. The van der Waals surface area contributed by atoms with Crippen LogP contribution >= 0.6 is 0 Å². The van der Waals surface area contributed by atoms with E-state index in [1.807, 2.05) is 0 Å². The van der Waals surface area contributed by atoms with Crippen LogP contribution in [0.15, 0.2) is 0 Å². The van der Waals surface area contributed by atoms with Gasteiger partial charge in [-0.25, -0.2) is 9.59 Å². The fourth-order valence-electron chi connectivity index (χ4n) is 1.70. The maximum Gasteiger partial charge on any atom is 0.329 e. The van der Waals surface area contributed by atoms with Crippen molar-refractivity contribution in [2.24, 2.45) is 0 Å². The number of carboxylic acid groups (broad SMARTS) is 1. The Balaban J connectivity index is 2.05. The van der Waals surface area contributed by atoms with Crippen molar-refractivity contribution in [1.82, 2.24) is 10.2 Å². The summed E-state index contributed by atoms with van der Waals surface area (Å²) in [6.07, 6.45) is 2.16. The quantitative estimate of drug-likeness (QED) is 0.624. The lowest BCUT2D eigenvalue weighted by atomic mass is 10.2. The van der Waals surface area contributed by atoms with Crippen molar-refractivity contribution < 1.29 is 24.2 Å². The third-order valence-electron chi connectivity index (χ3n) is 2.60. The number of aliphatic carboxylic acids is 1. The van der Waals surface area contributed by atoms with Crippen molar-refractivity contribution in [3.8, 4) is 0 Å². The van der Waals surface area contributed by atoms with Crippen LogP contribution in [-0.2, 0) is 14.3 Å². The van der Waals surface area contributed by atoms with E-state index < -0.39 is 5.97 Å². The second kappa shape index (κ2) is 7.88. The number of rotatable bonds is 7. The minimum Gasteiger partial charge on any atom is -0.480 e. The molecule has 0 aromatic rings. The fourth-order valence-corrected chi connectivity index (χ4v) is 1.70. The molecule has 104 valence electrons. The van der Waals surface area contributed by atoms with Gasteiger partial charge in [0.2, 0.25) is 0 Å². The van der Waals surface area contributed by atoms with Gasteiger partial charge in [-0.3, -0.25) is 0 Å². The number of ether oxygens (including phenoxy) is 2. The van der Waals surface area contributed by atoms with Crippen LogP contribution in [0.5, 0.6) is 0 Å². The summed E-state index contributed by atoms with van der Waals surface area (Å²) in [7, 11) is 1.70. The van der Waals surface area contributed by atoms with Gasteiger partial charge in [-0.05, 0) is 12.8 Å². The lowest BCUT2D eigenvalue weighted by Crippen LogP contribution is -2.42. The van der Waals surface area contributed by atoms with Crippen LogP contribution < -0.4 is 5.32 Å². The van der Waals surface area contributed by atoms with E-state index in [0.717, 1.165) is 19.4 Å². The van der Waals surface area contributed by atoms with Crippen LogP contribution in [0.1, 0.15) is 12.8 Å². The normalized spacial score (nSPS) is 18.6. The SMILES string of the molecule is CN(CC1CCCO1)C(=O)NCCOCC(=O)O. The molecule has 1 heterocycles. The molecule has 2 amide bonds. The molecule has 1 aliphatic heterocycles. The largest absolute Gasteiger partial charge is 0.480 e. The monoisotopic (exact) mass is 260 g/mol. The van der Waals surface area contributed by atoms with Crippen LogP contribution in [0.2, 0.25) is 0 Å². The van der Waals surface area contributed by atoms with E-state index >= 15 is 0 Å². The van der Waals surface area contributed by atoms with Gasteiger partial charge in [-0.1, -0.05) is 0 Å². The average Bonchev–Trinajstić information content (AvgIpc) is 2.80. The lowest BCUT2D eigenvalue weighted by molar-refractivity contribution is -0.142. The Morgan fingerprint density at radius 2 is 2.33 bits per heavy atom. The van der Waals surface area contributed by atoms with Crippen molar-refractivity contribution in [2.45, 2.75) is 18.9 Å². The average molecular weight is 260 g/mol. The highest BCUT2D eigenvalue weighted by Gasteiger charge is 2.19. The number of hydrogen-bond donors (Lipinski definition) is 2. The van der Waals surface area contributed by atoms with Crippen molar-refractivity contribution in [2.75, 3.05) is 40.0 Å². The topological polar surface area (TPSA) is 88.1 Å². The van der Waals surface area contributed by atoms with Gasteiger partial charge in [-0.15, -0.1) is 0 Å². The second-order valence-corrected chi connectivity index (χ2v) is 4.19. The molecule has 18 heavy (non-hydrogen) atoms. The summed E-state index contributed by atoms with van der Waals surface area (Å²) in [5, 5.41) is 11.0. The summed E-state index contributed by atoms with van der Waals surface area (Å²) in [6.45, 7) is 1.47. The van der Waals surface area contributed by atoms with E-state index in [-0.39, 0.29) is 25.3 Å². The molecule has 2 N–H and O–H groups in total. The molecule has 0 saturated carbocycles. The van der Waals surface area contributed by atoms with E-state index in [0.29, 0.717) is 13.1 Å². The first kappa shape index (κ1) is 14.7. The third-order valence-corrected chi connectivity index (χ3v) is 2.60. The summed E-state index contributed by atoms with van der Waals surface area (Å²) in [5.41, 5.74) is 0. The Bertz CT molecular complexity index is 279. The molecule has 7 nitrogen and oxygen atoms in total. The Hall–Kier alpha value is -1.34.